The van der Waals surface area contributed by atoms with Crippen molar-refractivity contribution in [2.24, 2.45) is 0 Å². The van der Waals surface area contributed by atoms with E-state index in [1.807, 2.05) is 0 Å². The quantitative estimate of drug-likeness (QED) is 0.495. The minimum absolute atomic E-state index is 0.584. The van der Waals surface area contributed by atoms with E-state index >= 15 is 0 Å². The van der Waals surface area contributed by atoms with Crippen LogP contribution in [-0.4, -0.2) is 0 Å². The number of rotatable bonds is 3. The van der Waals surface area contributed by atoms with Crippen molar-refractivity contribution in [2.75, 3.05) is 5.32 Å². The normalized spacial score (nSPS) is 12.5. The van der Waals surface area contributed by atoms with Crippen molar-refractivity contribution >= 4 is 17.0 Å². The molecular formula is C12H8F5NS. The zero-order valence-electron chi connectivity index (χ0n) is 9.61. The Labute approximate surface area is 109 Å². The van der Waals surface area contributed by atoms with Crippen LogP contribution in [0.5, 0.6) is 0 Å². The first kappa shape index (κ1) is 13.8. The van der Waals surface area contributed by atoms with Gasteiger partial charge in [0.25, 0.3) is 0 Å². The highest BCUT2D eigenvalue weighted by Gasteiger charge is 2.26. The second kappa shape index (κ2) is 5.16. The van der Waals surface area contributed by atoms with Crippen molar-refractivity contribution in [1.82, 2.24) is 0 Å². The SMILES string of the molecule is CC(Nc1c(F)c(F)c(F)c(F)c1F)c1ccsc1. The molecule has 2 aromatic rings. The molecular weight excluding hydrogens is 285 g/mol. The molecule has 0 saturated carbocycles. The number of hydrogen-bond acceptors (Lipinski definition) is 2. The van der Waals surface area contributed by atoms with E-state index in [2.05, 4.69) is 5.32 Å². The van der Waals surface area contributed by atoms with Crippen LogP contribution in [0.2, 0.25) is 0 Å². The van der Waals surface area contributed by atoms with Gasteiger partial charge in [0.1, 0.15) is 5.69 Å². The molecule has 2 rings (SSSR count). The predicted molar refractivity (Wildman–Crippen MR) is 62.6 cm³/mol. The molecule has 0 aliphatic heterocycles. The molecule has 1 N–H and O–H groups in total. The summed E-state index contributed by atoms with van der Waals surface area (Å²) in [5.74, 6) is -9.81. The van der Waals surface area contributed by atoms with Crippen LogP contribution in [0.1, 0.15) is 18.5 Å². The van der Waals surface area contributed by atoms with Gasteiger partial charge in [0.2, 0.25) is 5.82 Å². The average molecular weight is 293 g/mol. The van der Waals surface area contributed by atoms with Crippen LogP contribution < -0.4 is 5.32 Å². The van der Waals surface area contributed by atoms with Gasteiger partial charge in [-0.1, -0.05) is 0 Å². The summed E-state index contributed by atoms with van der Waals surface area (Å²) in [4.78, 5) is 0. The van der Waals surface area contributed by atoms with Gasteiger partial charge in [-0.05, 0) is 29.3 Å². The molecule has 0 bridgehead atoms. The van der Waals surface area contributed by atoms with E-state index in [0.29, 0.717) is 5.56 Å². The Hall–Kier alpha value is -1.63. The maximum Gasteiger partial charge on any atom is 0.200 e. The maximum atomic E-state index is 13.4. The van der Waals surface area contributed by atoms with Gasteiger partial charge in [-0.2, -0.15) is 11.3 Å². The van der Waals surface area contributed by atoms with Crippen molar-refractivity contribution in [2.45, 2.75) is 13.0 Å². The topological polar surface area (TPSA) is 12.0 Å². The lowest BCUT2D eigenvalue weighted by Crippen LogP contribution is -2.12. The standard InChI is InChI=1S/C12H8F5NS/c1-5(6-2-3-19-4-6)18-12-10(16)8(14)7(13)9(15)11(12)17/h2-5,18H,1H3. The van der Waals surface area contributed by atoms with Gasteiger partial charge >= 0.3 is 0 Å². The number of thiophene rings is 1. The molecule has 1 atom stereocenters. The van der Waals surface area contributed by atoms with Gasteiger partial charge in [0.05, 0.1) is 0 Å². The Balaban J connectivity index is 2.41. The minimum Gasteiger partial charge on any atom is -0.374 e. The van der Waals surface area contributed by atoms with Crippen LogP contribution in [-0.2, 0) is 0 Å². The average Bonchev–Trinajstić information content (AvgIpc) is 2.93. The van der Waals surface area contributed by atoms with Crippen molar-refractivity contribution in [3.8, 4) is 0 Å². The van der Waals surface area contributed by atoms with Crippen LogP contribution in [0, 0.1) is 29.1 Å². The van der Waals surface area contributed by atoms with Gasteiger partial charge in [-0.25, -0.2) is 22.0 Å². The molecule has 19 heavy (non-hydrogen) atoms. The molecule has 0 aliphatic carbocycles. The second-order valence-corrected chi connectivity index (χ2v) is 4.65. The molecule has 0 saturated heterocycles. The zero-order valence-corrected chi connectivity index (χ0v) is 10.4. The fourth-order valence-corrected chi connectivity index (χ4v) is 2.31. The fraction of sp³-hybridized carbons (Fsp3) is 0.167. The van der Waals surface area contributed by atoms with Crippen molar-refractivity contribution < 1.29 is 22.0 Å². The second-order valence-electron chi connectivity index (χ2n) is 3.87. The summed E-state index contributed by atoms with van der Waals surface area (Å²) in [7, 11) is 0. The van der Waals surface area contributed by atoms with Gasteiger partial charge in [0, 0.05) is 6.04 Å². The van der Waals surface area contributed by atoms with Gasteiger partial charge in [-0.3, -0.25) is 0 Å². The summed E-state index contributed by atoms with van der Waals surface area (Å²) in [5.41, 5.74) is -0.330. The zero-order chi connectivity index (χ0) is 14.2. The highest BCUT2D eigenvalue weighted by molar-refractivity contribution is 7.07. The van der Waals surface area contributed by atoms with E-state index in [1.54, 1.807) is 23.8 Å². The van der Waals surface area contributed by atoms with Crippen LogP contribution in [0.4, 0.5) is 27.6 Å². The summed E-state index contributed by atoms with van der Waals surface area (Å²) >= 11 is 1.36. The van der Waals surface area contributed by atoms with Crippen molar-refractivity contribution in [1.29, 1.82) is 0 Å². The first-order valence-corrected chi connectivity index (χ1v) is 6.17. The van der Waals surface area contributed by atoms with E-state index in [1.165, 1.54) is 11.3 Å². The Bertz CT molecular complexity index is 568. The molecule has 1 unspecified atom stereocenters. The third kappa shape index (κ3) is 2.42. The van der Waals surface area contributed by atoms with E-state index in [0.717, 1.165) is 0 Å². The van der Waals surface area contributed by atoms with Crippen LogP contribution in [0.15, 0.2) is 16.8 Å². The summed E-state index contributed by atoms with van der Waals surface area (Å²) in [6, 6.07) is 1.11. The molecule has 1 aromatic carbocycles. The van der Waals surface area contributed by atoms with E-state index in [4.69, 9.17) is 0 Å². The van der Waals surface area contributed by atoms with Crippen molar-refractivity contribution in [3.63, 3.8) is 0 Å². The molecule has 0 aliphatic rings. The van der Waals surface area contributed by atoms with Gasteiger partial charge in [-0.15, -0.1) is 0 Å². The number of halogens is 5. The van der Waals surface area contributed by atoms with Gasteiger partial charge < -0.3 is 5.32 Å². The highest BCUT2D eigenvalue weighted by atomic mass is 32.1. The summed E-state index contributed by atoms with van der Waals surface area (Å²) in [6.07, 6.45) is 0. The maximum absolute atomic E-state index is 13.4. The molecule has 1 nitrogen and oxygen atoms in total. The van der Waals surface area contributed by atoms with Crippen LogP contribution in [0.3, 0.4) is 0 Å². The van der Waals surface area contributed by atoms with Crippen molar-refractivity contribution in [3.05, 3.63) is 51.5 Å². The lowest BCUT2D eigenvalue weighted by molar-refractivity contribution is 0.381. The molecule has 102 valence electrons. The molecule has 1 heterocycles. The smallest absolute Gasteiger partial charge is 0.200 e. The fourth-order valence-electron chi connectivity index (χ4n) is 1.55. The third-order valence-electron chi connectivity index (χ3n) is 2.61. The summed E-state index contributed by atoms with van der Waals surface area (Å²) in [5, 5.41) is 5.75. The Morgan fingerprint density at radius 1 is 0.947 bits per heavy atom. The highest BCUT2D eigenvalue weighted by Crippen LogP contribution is 2.30. The van der Waals surface area contributed by atoms with E-state index in [-0.39, 0.29) is 0 Å². The molecule has 0 fully saturated rings. The Kier molecular flexibility index (Phi) is 3.75. The molecule has 7 heteroatoms. The molecule has 0 radical (unpaired) electrons. The van der Waals surface area contributed by atoms with Crippen LogP contribution in [0.25, 0.3) is 0 Å². The third-order valence-corrected chi connectivity index (χ3v) is 3.32. The first-order valence-electron chi connectivity index (χ1n) is 5.23. The molecule has 1 aromatic heterocycles. The molecule has 0 spiro atoms. The van der Waals surface area contributed by atoms with Gasteiger partial charge in [0.15, 0.2) is 23.3 Å². The number of benzene rings is 1. The van der Waals surface area contributed by atoms with E-state index < -0.39 is 40.8 Å². The largest absolute Gasteiger partial charge is 0.374 e. The number of nitrogens with one attached hydrogen (secondary N) is 1. The Morgan fingerprint density at radius 2 is 1.47 bits per heavy atom. The van der Waals surface area contributed by atoms with E-state index in [9.17, 15) is 22.0 Å². The van der Waals surface area contributed by atoms with Crippen LogP contribution >= 0.6 is 11.3 Å². The predicted octanol–water partition coefficient (Wildman–Crippen LogP) is 4.62. The lowest BCUT2D eigenvalue weighted by Gasteiger charge is -2.16. The molecule has 0 amide bonds. The summed E-state index contributed by atoms with van der Waals surface area (Å²) < 4.78 is 65.7. The minimum atomic E-state index is -2.16. The number of anilines is 1. The number of hydrogen-bond donors (Lipinski definition) is 1. The lowest BCUT2D eigenvalue weighted by atomic mass is 10.1. The Morgan fingerprint density at radius 3 is 1.95 bits per heavy atom. The summed E-state index contributed by atoms with van der Waals surface area (Å²) in [6.45, 7) is 1.56. The first-order chi connectivity index (χ1) is 8.93. The monoisotopic (exact) mass is 293 g/mol.